The Balaban J connectivity index is 2.54. The fourth-order valence-electron chi connectivity index (χ4n) is 0. The van der Waals surface area contributed by atoms with Crippen LogP contribution >= 0.6 is 0 Å². The zero-order chi connectivity index (χ0) is 4.28. The van der Waals surface area contributed by atoms with Crippen molar-refractivity contribution in [1.82, 2.24) is 0 Å². The molecule has 0 aliphatic rings. The lowest BCUT2D eigenvalue weighted by Crippen LogP contribution is -1.73. The zero-order valence-corrected chi connectivity index (χ0v) is 3.78. The van der Waals surface area contributed by atoms with Crippen molar-refractivity contribution in [2.45, 2.75) is 20.3 Å². The van der Waals surface area contributed by atoms with Crippen molar-refractivity contribution >= 4 is 0 Å². The molecule has 0 atom stereocenters. The van der Waals surface area contributed by atoms with E-state index in [1.807, 2.05) is 13.8 Å². The van der Waals surface area contributed by atoms with E-state index in [-0.39, 0.29) is 0 Å². The van der Waals surface area contributed by atoms with Gasteiger partial charge in [0, 0.05) is 0 Å². The fourth-order valence-corrected chi connectivity index (χ4v) is 0. The first-order valence-electron chi connectivity index (χ1n) is 1.76. The second-order valence-electron chi connectivity index (χ2n) is 1.41. The fraction of sp³-hybridized carbons (Fsp3) is 0.600. The van der Waals surface area contributed by atoms with Crippen LogP contribution in [0.15, 0.2) is 0 Å². The van der Waals surface area contributed by atoms with Crippen LogP contribution in [0.3, 0.4) is 0 Å². The van der Waals surface area contributed by atoms with Gasteiger partial charge in [-0.2, -0.15) is 0 Å². The van der Waals surface area contributed by atoms with Crippen LogP contribution in [-0.4, -0.2) is 0 Å². The summed E-state index contributed by atoms with van der Waals surface area (Å²) < 4.78 is 0. The number of rotatable bonds is 1. The van der Waals surface area contributed by atoms with Gasteiger partial charge in [-0.05, 0) is 19.3 Å². The van der Waals surface area contributed by atoms with Gasteiger partial charge in [0.2, 0.25) is 0 Å². The Morgan fingerprint density at radius 3 is 1.80 bits per heavy atom. The molecular formula is C5H9. The Morgan fingerprint density at radius 1 is 1.60 bits per heavy atom. The Bertz CT molecular complexity index is 14.0. The summed E-state index contributed by atoms with van der Waals surface area (Å²) in [5.41, 5.74) is 0. The molecule has 0 spiro atoms. The molecule has 0 aromatic carbocycles. The predicted molar refractivity (Wildman–Crippen MR) is 23.5 cm³/mol. The van der Waals surface area contributed by atoms with Crippen LogP contribution in [0.25, 0.3) is 0 Å². The molecule has 5 heavy (non-hydrogen) atoms. The van der Waals surface area contributed by atoms with Crippen molar-refractivity contribution in [2.24, 2.45) is 0 Å². The summed E-state index contributed by atoms with van der Waals surface area (Å²) in [7, 11) is 0. The van der Waals surface area contributed by atoms with Crippen LogP contribution in [0.4, 0.5) is 0 Å². The lowest BCUT2D eigenvalue weighted by molar-refractivity contribution is 0.990. The normalized spacial score (nSPS) is 9.60. The summed E-state index contributed by atoms with van der Waals surface area (Å²) in [6.45, 7) is 9.16. The smallest absolute Gasteiger partial charge is 0.0300 e. The molecule has 0 aromatic rings. The Labute approximate surface area is 34.2 Å². The molecule has 0 heteroatoms. The lowest BCUT2D eigenvalue weighted by atomic mass is 10.2. The van der Waals surface area contributed by atoms with Gasteiger partial charge in [0.15, 0.2) is 0 Å². The molecule has 0 saturated carbocycles. The van der Waals surface area contributed by atoms with E-state index in [2.05, 4.69) is 0 Å². The third kappa shape index (κ3) is 4.00. The highest BCUT2D eigenvalue weighted by molar-refractivity contribution is 4.76. The lowest BCUT2D eigenvalue weighted by Gasteiger charge is -1.89. The average Bonchev–Trinajstić information content (AvgIpc) is 1.38. The van der Waals surface area contributed by atoms with Gasteiger partial charge in [0.25, 0.3) is 0 Å². The molecule has 0 aromatic heterocycles. The molecule has 0 N–H and O–H groups in total. The molecule has 0 fully saturated rings. The summed E-state index contributed by atoms with van der Waals surface area (Å²) in [6.07, 6.45) is 0.722. The van der Waals surface area contributed by atoms with E-state index in [9.17, 15) is 0 Å². The van der Waals surface area contributed by atoms with Gasteiger partial charge in [0.05, 0.1) is 0 Å². The van der Waals surface area contributed by atoms with E-state index in [0.29, 0.717) is 0 Å². The van der Waals surface area contributed by atoms with Crippen LogP contribution in [-0.2, 0) is 0 Å². The highest BCUT2D eigenvalue weighted by atomic mass is 13.9. The third-order valence-corrected chi connectivity index (χ3v) is 0.408. The molecule has 0 saturated heterocycles. The number of hydrogen-bond acceptors (Lipinski definition) is 0. The maximum absolute atomic E-state index is 5.13. The largest absolute Gasteiger partial charge is 0.0594 e. The Kier molecular flexibility index (Phi) is 2.25. The van der Waals surface area contributed by atoms with E-state index < -0.39 is 0 Å². The SMILES string of the molecule is [CH]C[C](C)C. The van der Waals surface area contributed by atoms with Gasteiger partial charge in [-0.1, -0.05) is 13.8 Å². The summed E-state index contributed by atoms with van der Waals surface area (Å²) in [4.78, 5) is 0. The molecule has 0 aliphatic carbocycles. The molecule has 3 radical (unpaired) electrons. The topological polar surface area (TPSA) is 0 Å². The van der Waals surface area contributed by atoms with Crippen molar-refractivity contribution in [2.75, 3.05) is 0 Å². The second-order valence-corrected chi connectivity index (χ2v) is 1.41. The van der Waals surface area contributed by atoms with Crippen LogP contribution in [0.5, 0.6) is 0 Å². The summed E-state index contributed by atoms with van der Waals surface area (Å²) >= 11 is 0. The summed E-state index contributed by atoms with van der Waals surface area (Å²) in [5, 5.41) is 0. The van der Waals surface area contributed by atoms with E-state index in [1.54, 1.807) is 0 Å². The minimum atomic E-state index is 0.722. The maximum Gasteiger partial charge on any atom is -0.0300 e. The molecule has 0 amide bonds. The summed E-state index contributed by atoms with van der Waals surface area (Å²) in [6, 6.07) is 0. The van der Waals surface area contributed by atoms with Gasteiger partial charge >= 0.3 is 0 Å². The standard InChI is InChI=1S/C5H9/c1-4-5(2)3/h1H,4H2,2-3H3. The molecular weight excluding hydrogens is 60.1 g/mol. The second kappa shape index (κ2) is 2.25. The minimum Gasteiger partial charge on any atom is -0.0594 e. The minimum absolute atomic E-state index is 0.722. The number of hydrogen-bond donors (Lipinski definition) is 0. The highest BCUT2D eigenvalue weighted by Crippen LogP contribution is 1.96. The Morgan fingerprint density at radius 2 is 1.80 bits per heavy atom. The average molecular weight is 69.1 g/mol. The first-order chi connectivity index (χ1) is 2.27. The zero-order valence-electron chi connectivity index (χ0n) is 3.78. The van der Waals surface area contributed by atoms with Crippen molar-refractivity contribution in [3.8, 4) is 0 Å². The maximum atomic E-state index is 5.13. The predicted octanol–water partition coefficient (Wildman–Crippen LogP) is 1.70. The molecule has 0 nitrogen and oxygen atoms in total. The van der Waals surface area contributed by atoms with Crippen molar-refractivity contribution in [3.05, 3.63) is 12.8 Å². The van der Waals surface area contributed by atoms with Gasteiger partial charge in [-0.25, -0.2) is 0 Å². The van der Waals surface area contributed by atoms with Crippen molar-refractivity contribution in [1.29, 1.82) is 0 Å². The van der Waals surface area contributed by atoms with Crippen LogP contribution in [0, 0.1) is 12.8 Å². The van der Waals surface area contributed by atoms with Crippen LogP contribution in [0.2, 0.25) is 0 Å². The first-order valence-corrected chi connectivity index (χ1v) is 1.76. The van der Waals surface area contributed by atoms with E-state index in [0.717, 1.165) is 6.42 Å². The van der Waals surface area contributed by atoms with Crippen molar-refractivity contribution in [3.63, 3.8) is 0 Å². The van der Waals surface area contributed by atoms with Gasteiger partial charge in [0.1, 0.15) is 0 Å². The quantitative estimate of drug-likeness (QED) is 0.439. The third-order valence-electron chi connectivity index (χ3n) is 0.408. The van der Waals surface area contributed by atoms with Crippen molar-refractivity contribution < 1.29 is 0 Å². The van der Waals surface area contributed by atoms with E-state index >= 15 is 0 Å². The first kappa shape index (κ1) is 5.00. The van der Waals surface area contributed by atoms with Gasteiger partial charge in [-0.3, -0.25) is 0 Å². The molecule has 29 valence electrons. The molecule has 0 rings (SSSR count). The Hall–Kier alpha value is 0. The van der Waals surface area contributed by atoms with Gasteiger partial charge in [-0.15, -0.1) is 0 Å². The molecule has 0 heterocycles. The molecule has 0 bridgehead atoms. The van der Waals surface area contributed by atoms with E-state index in [1.165, 1.54) is 5.92 Å². The van der Waals surface area contributed by atoms with E-state index in [4.69, 9.17) is 6.92 Å². The van der Waals surface area contributed by atoms with Crippen LogP contribution < -0.4 is 0 Å². The van der Waals surface area contributed by atoms with Crippen LogP contribution in [0.1, 0.15) is 20.3 Å². The summed E-state index contributed by atoms with van der Waals surface area (Å²) in [5.74, 6) is 1.28. The highest BCUT2D eigenvalue weighted by Gasteiger charge is 1.81. The van der Waals surface area contributed by atoms with Gasteiger partial charge < -0.3 is 0 Å². The monoisotopic (exact) mass is 69.1 g/mol. The molecule has 0 unspecified atom stereocenters. The molecule has 0 aliphatic heterocycles.